The molecule has 0 N–H and O–H groups in total. The lowest BCUT2D eigenvalue weighted by molar-refractivity contribution is 0.174. The van der Waals surface area contributed by atoms with Crippen molar-refractivity contribution in [2.45, 2.75) is 24.4 Å². The fourth-order valence-electron chi connectivity index (χ4n) is 3.41. The highest BCUT2D eigenvalue weighted by Crippen LogP contribution is 2.37. The van der Waals surface area contributed by atoms with E-state index in [1.165, 1.54) is 22.2 Å². The van der Waals surface area contributed by atoms with Crippen LogP contribution in [0, 0.1) is 0 Å². The highest BCUT2D eigenvalue weighted by molar-refractivity contribution is 7.98. The molecule has 24 heavy (non-hydrogen) atoms. The van der Waals surface area contributed by atoms with Crippen molar-refractivity contribution >= 4 is 33.3 Å². The lowest BCUT2D eigenvalue weighted by Crippen LogP contribution is -2.21. The second-order valence-corrected chi connectivity index (χ2v) is 7.67. The molecule has 1 aliphatic carbocycles. The smallest absolute Gasteiger partial charge is 0.267 e. The number of thioether (sulfide) groups is 1. The van der Waals surface area contributed by atoms with Crippen molar-refractivity contribution in [1.29, 1.82) is 0 Å². The quantitative estimate of drug-likeness (QED) is 0.519. The van der Waals surface area contributed by atoms with Crippen molar-refractivity contribution in [2.24, 2.45) is 0 Å². The standard InChI is InChI=1S/C17H14N2O3S2/c1-23-17-18-15-14(10-3-2-4-13(10)24-15)16(20)19(17)9-5-6-11-12(7-9)22-8-21-11/h5-7H,2-4,8H2,1H3. The molecular formula is C17H14N2O3S2. The van der Waals surface area contributed by atoms with Crippen LogP contribution >= 0.6 is 23.1 Å². The Bertz CT molecular complexity index is 1040. The first-order valence-electron chi connectivity index (χ1n) is 7.77. The van der Waals surface area contributed by atoms with Crippen LogP contribution in [-0.4, -0.2) is 22.6 Å². The van der Waals surface area contributed by atoms with Crippen LogP contribution in [0.4, 0.5) is 0 Å². The van der Waals surface area contributed by atoms with Gasteiger partial charge in [0, 0.05) is 10.9 Å². The summed E-state index contributed by atoms with van der Waals surface area (Å²) in [6, 6.07) is 5.58. The van der Waals surface area contributed by atoms with Crippen molar-refractivity contribution in [3.63, 3.8) is 0 Å². The van der Waals surface area contributed by atoms with Crippen LogP contribution in [0.5, 0.6) is 11.5 Å². The summed E-state index contributed by atoms with van der Waals surface area (Å²) in [5.74, 6) is 1.38. The largest absolute Gasteiger partial charge is 0.454 e. The maximum absolute atomic E-state index is 13.3. The number of ether oxygens (including phenoxy) is 2. The predicted molar refractivity (Wildman–Crippen MR) is 95.1 cm³/mol. The number of nitrogens with zero attached hydrogens (tertiary/aromatic N) is 2. The molecular weight excluding hydrogens is 344 g/mol. The van der Waals surface area contributed by atoms with Gasteiger partial charge in [-0.2, -0.15) is 0 Å². The lowest BCUT2D eigenvalue weighted by atomic mass is 10.2. The number of aryl methyl sites for hydroxylation is 2. The lowest BCUT2D eigenvalue weighted by Gasteiger charge is -2.11. The second-order valence-electron chi connectivity index (χ2n) is 5.81. The average Bonchev–Trinajstić information content (AvgIpc) is 3.28. The maximum Gasteiger partial charge on any atom is 0.267 e. The predicted octanol–water partition coefficient (Wildman–Crippen LogP) is 3.39. The van der Waals surface area contributed by atoms with Crippen LogP contribution in [0.25, 0.3) is 15.9 Å². The summed E-state index contributed by atoms with van der Waals surface area (Å²) in [7, 11) is 0. The monoisotopic (exact) mass is 358 g/mol. The van der Waals surface area contributed by atoms with Gasteiger partial charge in [0.05, 0.1) is 11.1 Å². The van der Waals surface area contributed by atoms with E-state index in [0.717, 1.165) is 35.2 Å². The average molecular weight is 358 g/mol. The number of fused-ring (bicyclic) bond motifs is 4. The third-order valence-electron chi connectivity index (χ3n) is 4.51. The van der Waals surface area contributed by atoms with Crippen LogP contribution < -0.4 is 15.0 Å². The molecule has 0 amide bonds. The number of hydrogen-bond acceptors (Lipinski definition) is 6. The van der Waals surface area contributed by atoms with Gasteiger partial charge in [-0.1, -0.05) is 11.8 Å². The van der Waals surface area contributed by atoms with Gasteiger partial charge >= 0.3 is 0 Å². The van der Waals surface area contributed by atoms with E-state index in [1.807, 2.05) is 24.5 Å². The third kappa shape index (κ3) is 1.94. The molecule has 122 valence electrons. The van der Waals surface area contributed by atoms with Crippen LogP contribution in [-0.2, 0) is 12.8 Å². The van der Waals surface area contributed by atoms with E-state index in [2.05, 4.69) is 0 Å². The zero-order valence-electron chi connectivity index (χ0n) is 13.0. The molecule has 0 spiro atoms. The van der Waals surface area contributed by atoms with Crippen LogP contribution in [0.3, 0.4) is 0 Å². The first kappa shape index (κ1) is 14.4. The maximum atomic E-state index is 13.3. The van der Waals surface area contributed by atoms with E-state index < -0.39 is 0 Å². The van der Waals surface area contributed by atoms with Gasteiger partial charge in [0.1, 0.15) is 4.83 Å². The zero-order valence-corrected chi connectivity index (χ0v) is 14.6. The number of hydrogen-bond donors (Lipinski definition) is 0. The molecule has 0 bridgehead atoms. The first-order chi connectivity index (χ1) is 11.8. The van der Waals surface area contributed by atoms with Crippen molar-refractivity contribution in [3.05, 3.63) is 39.0 Å². The van der Waals surface area contributed by atoms with Gasteiger partial charge in [-0.15, -0.1) is 11.3 Å². The van der Waals surface area contributed by atoms with Gasteiger partial charge in [0.2, 0.25) is 6.79 Å². The molecule has 0 saturated heterocycles. The molecule has 1 aromatic carbocycles. The summed E-state index contributed by atoms with van der Waals surface area (Å²) in [5.41, 5.74) is 1.98. The van der Waals surface area contributed by atoms with E-state index in [1.54, 1.807) is 15.9 Å². The molecule has 0 atom stereocenters. The minimum Gasteiger partial charge on any atom is -0.454 e. The Morgan fingerprint density at radius 1 is 1.25 bits per heavy atom. The molecule has 3 aromatic rings. The molecule has 2 aliphatic rings. The summed E-state index contributed by atoms with van der Waals surface area (Å²) < 4.78 is 12.5. The number of thiophene rings is 1. The molecule has 0 radical (unpaired) electrons. The van der Waals surface area contributed by atoms with Crippen LogP contribution in [0.15, 0.2) is 28.2 Å². The Kier molecular flexibility index (Phi) is 3.14. The minimum absolute atomic E-state index is 0.0163. The molecule has 0 unspecified atom stereocenters. The molecule has 1 aliphatic heterocycles. The fourth-order valence-corrected chi connectivity index (χ4v) is 5.28. The molecule has 5 rings (SSSR count). The van der Waals surface area contributed by atoms with Gasteiger partial charge in [-0.3, -0.25) is 9.36 Å². The van der Waals surface area contributed by atoms with E-state index in [-0.39, 0.29) is 12.4 Å². The third-order valence-corrected chi connectivity index (χ3v) is 6.33. The van der Waals surface area contributed by atoms with Crippen molar-refractivity contribution in [1.82, 2.24) is 9.55 Å². The Morgan fingerprint density at radius 2 is 2.12 bits per heavy atom. The topological polar surface area (TPSA) is 53.4 Å². The second kappa shape index (κ2) is 5.26. The fraction of sp³-hybridized carbons (Fsp3) is 0.294. The van der Waals surface area contributed by atoms with E-state index in [0.29, 0.717) is 16.7 Å². The molecule has 0 fully saturated rings. The molecule has 3 heterocycles. The Balaban J connectivity index is 1.81. The molecule has 0 saturated carbocycles. The van der Waals surface area contributed by atoms with E-state index in [4.69, 9.17) is 14.5 Å². The number of benzene rings is 1. The Morgan fingerprint density at radius 3 is 3.00 bits per heavy atom. The van der Waals surface area contributed by atoms with Gasteiger partial charge < -0.3 is 9.47 Å². The summed E-state index contributed by atoms with van der Waals surface area (Å²) in [4.78, 5) is 20.2. The summed E-state index contributed by atoms with van der Waals surface area (Å²) in [6.07, 6.45) is 5.11. The van der Waals surface area contributed by atoms with Crippen LogP contribution in [0.2, 0.25) is 0 Å². The number of aromatic nitrogens is 2. The van der Waals surface area contributed by atoms with Crippen molar-refractivity contribution in [2.75, 3.05) is 13.0 Å². The van der Waals surface area contributed by atoms with E-state index >= 15 is 0 Å². The van der Waals surface area contributed by atoms with Gasteiger partial charge in [-0.25, -0.2) is 4.98 Å². The molecule has 5 nitrogen and oxygen atoms in total. The highest BCUT2D eigenvalue weighted by atomic mass is 32.2. The normalized spacial score (nSPS) is 15.2. The highest BCUT2D eigenvalue weighted by Gasteiger charge is 2.24. The van der Waals surface area contributed by atoms with E-state index in [9.17, 15) is 4.79 Å². The minimum atomic E-state index is 0.0163. The molecule has 2 aromatic heterocycles. The zero-order chi connectivity index (χ0) is 16.3. The van der Waals surface area contributed by atoms with Crippen molar-refractivity contribution in [3.8, 4) is 17.2 Å². The summed E-state index contributed by atoms with van der Waals surface area (Å²) >= 11 is 3.15. The SMILES string of the molecule is CSc1nc2sc3c(c2c(=O)n1-c1ccc2c(c1)OCO2)CCC3. The van der Waals surface area contributed by atoms with Crippen molar-refractivity contribution < 1.29 is 9.47 Å². The van der Waals surface area contributed by atoms with Gasteiger partial charge in [0.15, 0.2) is 16.7 Å². The summed E-state index contributed by atoms with van der Waals surface area (Å²) in [6.45, 7) is 0.221. The van der Waals surface area contributed by atoms with Crippen LogP contribution in [0.1, 0.15) is 16.9 Å². The summed E-state index contributed by atoms with van der Waals surface area (Å²) in [5, 5.41) is 1.49. The number of rotatable bonds is 2. The first-order valence-corrected chi connectivity index (χ1v) is 9.81. The Hall–Kier alpha value is -1.99. The molecule has 7 heteroatoms. The van der Waals surface area contributed by atoms with Gasteiger partial charge in [0.25, 0.3) is 5.56 Å². The van der Waals surface area contributed by atoms with Gasteiger partial charge in [-0.05, 0) is 43.2 Å². The Labute approximate surface area is 146 Å².